The van der Waals surface area contributed by atoms with Crippen LogP contribution >= 0.6 is 0 Å². The van der Waals surface area contributed by atoms with Crippen molar-refractivity contribution in [2.75, 3.05) is 14.2 Å². The van der Waals surface area contributed by atoms with Crippen LogP contribution in [0.3, 0.4) is 0 Å². The number of benzene rings is 2. The Bertz CT molecular complexity index is 1170. The van der Waals surface area contributed by atoms with Crippen LogP contribution in [0.25, 0.3) is 0 Å². The Morgan fingerprint density at radius 1 is 1.12 bits per heavy atom. The van der Waals surface area contributed by atoms with Crippen molar-refractivity contribution in [3.8, 4) is 34.5 Å². The van der Waals surface area contributed by atoms with Gasteiger partial charge in [0, 0.05) is 29.7 Å². The Balaban J connectivity index is 1.70. The molecule has 0 saturated carbocycles. The summed E-state index contributed by atoms with van der Waals surface area (Å²) in [5.74, 6) is -0.276. The van der Waals surface area contributed by atoms with Gasteiger partial charge < -0.3 is 39.0 Å². The van der Waals surface area contributed by atoms with E-state index < -0.39 is 29.5 Å². The molecule has 3 aliphatic rings. The van der Waals surface area contributed by atoms with E-state index in [0.717, 1.165) is 5.57 Å². The molecule has 9 heteroatoms. The molecule has 3 heterocycles. The molecule has 0 aromatic heterocycles. The minimum absolute atomic E-state index is 0.0251. The van der Waals surface area contributed by atoms with Crippen LogP contribution in [0.2, 0.25) is 0 Å². The molecule has 9 nitrogen and oxygen atoms in total. The van der Waals surface area contributed by atoms with E-state index in [4.69, 9.17) is 23.7 Å². The number of ketones is 1. The van der Waals surface area contributed by atoms with Gasteiger partial charge in [0.25, 0.3) is 0 Å². The molecule has 0 aliphatic carbocycles. The number of Topliss-reactive ketones (excluding diaryl/α,β-unsaturated/α-hetero) is 1. The van der Waals surface area contributed by atoms with Gasteiger partial charge in [-0.05, 0) is 18.6 Å². The summed E-state index contributed by atoms with van der Waals surface area (Å²) in [4.78, 5) is 13.7. The van der Waals surface area contributed by atoms with Crippen molar-refractivity contribution in [1.82, 2.24) is 0 Å². The highest BCUT2D eigenvalue weighted by atomic mass is 16.6. The number of aliphatic hydroxyl groups is 2. The van der Waals surface area contributed by atoms with E-state index >= 15 is 0 Å². The molecule has 5 rings (SSSR count). The van der Waals surface area contributed by atoms with E-state index in [1.807, 2.05) is 6.92 Å². The lowest BCUT2D eigenvalue weighted by Gasteiger charge is -2.45. The molecule has 0 amide bonds. The third-order valence-corrected chi connectivity index (χ3v) is 6.16. The third-order valence-electron chi connectivity index (χ3n) is 6.16. The molecule has 0 saturated heterocycles. The van der Waals surface area contributed by atoms with Gasteiger partial charge in [-0.15, -0.1) is 0 Å². The van der Waals surface area contributed by atoms with Crippen molar-refractivity contribution < 1.29 is 43.8 Å². The number of phenols is 1. The minimum Gasteiger partial charge on any atom is -0.507 e. The monoisotopic (exact) mass is 442 g/mol. The molecule has 2 aromatic rings. The molecule has 4 atom stereocenters. The molecule has 0 radical (unpaired) electrons. The van der Waals surface area contributed by atoms with Gasteiger partial charge in [0.2, 0.25) is 18.2 Å². The number of phenolic OH excluding ortho intramolecular Hbond substituents is 1. The smallest absolute Gasteiger partial charge is 0.238 e. The Kier molecular flexibility index (Phi) is 4.34. The van der Waals surface area contributed by atoms with Crippen LogP contribution in [-0.4, -0.2) is 53.8 Å². The Morgan fingerprint density at radius 3 is 2.47 bits per heavy atom. The predicted octanol–water partition coefficient (Wildman–Crippen LogP) is 1.83. The zero-order valence-electron chi connectivity index (χ0n) is 17.7. The highest BCUT2D eigenvalue weighted by Gasteiger charge is 2.61. The first-order valence-electron chi connectivity index (χ1n) is 9.96. The fourth-order valence-electron chi connectivity index (χ4n) is 4.49. The highest BCUT2D eigenvalue weighted by Crippen LogP contribution is 2.54. The van der Waals surface area contributed by atoms with E-state index in [1.54, 1.807) is 0 Å². The molecule has 0 spiro atoms. The van der Waals surface area contributed by atoms with Crippen molar-refractivity contribution in [2.45, 2.75) is 37.4 Å². The largest absolute Gasteiger partial charge is 0.507 e. The number of hydrogen-bond acceptors (Lipinski definition) is 9. The van der Waals surface area contributed by atoms with Crippen molar-refractivity contribution in [2.24, 2.45) is 0 Å². The quantitative estimate of drug-likeness (QED) is 0.611. The van der Waals surface area contributed by atoms with Gasteiger partial charge in [-0.3, -0.25) is 4.79 Å². The van der Waals surface area contributed by atoms with Crippen molar-refractivity contribution >= 4 is 5.78 Å². The Hall–Kier alpha value is -3.43. The summed E-state index contributed by atoms with van der Waals surface area (Å²) < 4.78 is 27.9. The van der Waals surface area contributed by atoms with Crippen LogP contribution in [0.1, 0.15) is 28.4 Å². The first kappa shape index (κ1) is 20.5. The first-order chi connectivity index (χ1) is 15.2. The lowest BCUT2D eigenvalue weighted by molar-refractivity contribution is -0.179. The van der Waals surface area contributed by atoms with E-state index in [2.05, 4.69) is 6.58 Å². The molecule has 3 aliphatic heterocycles. The van der Waals surface area contributed by atoms with Gasteiger partial charge in [-0.1, -0.05) is 6.58 Å². The number of hydrogen-bond donors (Lipinski definition) is 3. The number of carbonyl (C=O) groups excluding carboxylic acids is 1. The topological polar surface area (TPSA) is 124 Å². The highest BCUT2D eigenvalue weighted by molar-refractivity contribution is 6.09. The number of carbonyl (C=O) groups is 1. The van der Waals surface area contributed by atoms with Gasteiger partial charge in [-0.2, -0.15) is 0 Å². The SMILES string of the molecule is C=C(C)[C@@H]1Cc2c(cc(O)c3c2O[C@H]2[C@H](O)Oc4cc(OC)c(OC)cc4[C@]2(O)C3=O)O1. The normalized spacial score (nSPS) is 27.0. The van der Waals surface area contributed by atoms with Gasteiger partial charge in [0.1, 0.15) is 34.7 Å². The summed E-state index contributed by atoms with van der Waals surface area (Å²) in [6.07, 6.45) is -3.16. The van der Waals surface area contributed by atoms with Gasteiger partial charge in [0.05, 0.1) is 14.2 Å². The van der Waals surface area contributed by atoms with E-state index in [-0.39, 0.29) is 40.2 Å². The minimum atomic E-state index is -2.35. The average Bonchev–Trinajstić information content (AvgIpc) is 3.19. The van der Waals surface area contributed by atoms with E-state index in [1.165, 1.54) is 32.4 Å². The lowest BCUT2D eigenvalue weighted by Crippen LogP contribution is -2.61. The second-order valence-corrected chi connectivity index (χ2v) is 8.08. The molecule has 0 fully saturated rings. The summed E-state index contributed by atoms with van der Waals surface area (Å²) >= 11 is 0. The van der Waals surface area contributed by atoms with Crippen LogP contribution in [-0.2, 0) is 12.0 Å². The number of aliphatic hydroxyl groups excluding tert-OH is 1. The molecular formula is C23H22O9. The number of rotatable bonds is 3. The molecule has 168 valence electrons. The first-order valence-corrected chi connectivity index (χ1v) is 9.96. The fraction of sp³-hybridized carbons (Fsp3) is 0.348. The molecular weight excluding hydrogens is 420 g/mol. The number of methoxy groups -OCH3 is 2. The summed E-state index contributed by atoms with van der Waals surface area (Å²) in [5.41, 5.74) is -1.20. The maximum atomic E-state index is 13.7. The van der Waals surface area contributed by atoms with Crippen LogP contribution in [0.4, 0.5) is 0 Å². The number of aromatic hydroxyl groups is 1. The van der Waals surface area contributed by atoms with Gasteiger partial charge >= 0.3 is 0 Å². The molecule has 0 unspecified atom stereocenters. The standard InChI is InChI=1S/C23H22O9/c1-9(2)13-5-10-14(30-13)7-12(24)18-19(10)32-21-22(26)31-15-8-17(29-4)16(28-3)6-11(15)23(21,27)20(18)25/h6-8,13,21-22,24,26-27H,1,5H2,2-4H3/t13-,21-,22+,23-/m0/s1. The van der Waals surface area contributed by atoms with Crippen LogP contribution in [0.5, 0.6) is 34.5 Å². The zero-order valence-corrected chi connectivity index (χ0v) is 17.7. The summed E-state index contributed by atoms with van der Waals surface area (Å²) in [5, 5.41) is 33.0. The van der Waals surface area contributed by atoms with Crippen molar-refractivity contribution in [3.05, 3.63) is 47.0 Å². The molecule has 0 bridgehead atoms. The van der Waals surface area contributed by atoms with Crippen molar-refractivity contribution in [1.29, 1.82) is 0 Å². The fourth-order valence-corrected chi connectivity index (χ4v) is 4.49. The number of fused-ring (bicyclic) bond motifs is 6. The summed E-state index contributed by atoms with van der Waals surface area (Å²) in [6.45, 7) is 5.71. The Labute approximate surface area is 183 Å². The molecule has 32 heavy (non-hydrogen) atoms. The van der Waals surface area contributed by atoms with Gasteiger partial charge in [-0.25, -0.2) is 0 Å². The molecule has 3 N–H and O–H groups in total. The second kappa shape index (κ2) is 6.78. The third kappa shape index (κ3) is 2.55. The maximum absolute atomic E-state index is 13.7. The Morgan fingerprint density at radius 2 is 1.81 bits per heavy atom. The zero-order chi connectivity index (χ0) is 22.9. The van der Waals surface area contributed by atoms with Crippen molar-refractivity contribution in [3.63, 3.8) is 0 Å². The average molecular weight is 442 g/mol. The predicted molar refractivity (Wildman–Crippen MR) is 110 cm³/mol. The molecule has 2 aromatic carbocycles. The summed E-state index contributed by atoms with van der Waals surface area (Å²) in [6, 6.07) is 4.12. The van der Waals surface area contributed by atoms with Gasteiger partial charge in [0.15, 0.2) is 17.1 Å². The number of ether oxygens (including phenoxy) is 5. The van der Waals surface area contributed by atoms with Crippen LogP contribution in [0, 0.1) is 0 Å². The van der Waals surface area contributed by atoms with E-state index in [0.29, 0.717) is 17.7 Å². The summed E-state index contributed by atoms with van der Waals surface area (Å²) in [7, 11) is 2.83. The maximum Gasteiger partial charge on any atom is 0.238 e. The lowest BCUT2D eigenvalue weighted by atomic mass is 9.76. The second-order valence-electron chi connectivity index (χ2n) is 8.08. The van der Waals surface area contributed by atoms with Crippen LogP contribution in [0.15, 0.2) is 30.4 Å². The van der Waals surface area contributed by atoms with E-state index in [9.17, 15) is 20.1 Å². The van der Waals surface area contributed by atoms with Crippen LogP contribution < -0.4 is 23.7 Å².